The van der Waals surface area contributed by atoms with Crippen LogP contribution < -0.4 is 5.63 Å². The zero-order valence-corrected chi connectivity index (χ0v) is 24.1. The molecular formula is C24H18Cl6O2Zr. The van der Waals surface area contributed by atoms with Gasteiger partial charge in [-0.05, 0) is 0 Å². The molecule has 0 radical (unpaired) electrons. The molecule has 4 rings (SSSR count). The molecule has 2 nitrogen and oxygen atoms in total. The molecule has 0 fully saturated rings. The average molecular weight is 642 g/mol. The summed E-state index contributed by atoms with van der Waals surface area (Å²) in [5, 5.41) is 0. The Morgan fingerprint density at radius 1 is 0.576 bits per heavy atom. The van der Waals surface area contributed by atoms with E-state index in [1.165, 1.54) is 0 Å². The van der Waals surface area contributed by atoms with Crippen molar-refractivity contribution in [3.63, 3.8) is 0 Å². The van der Waals surface area contributed by atoms with Crippen molar-refractivity contribution in [1.82, 2.24) is 0 Å². The summed E-state index contributed by atoms with van der Waals surface area (Å²) < 4.78 is 12.9. The molecule has 0 heterocycles. The maximum atomic E-state index is 6.80. The van der Waals surface area contributed by atoms with Crippen molar-refractivity contribution >= 4 is 69.6 Å². The predicted molar refractivity (Wildman–Crippen MR) is 136 cm³/mol. The van der Waals surface area contributed by atoms with E-state index in [-0.39, 0.29) is 0 Å². The van der Waals surface area contributed by atoms with E-state index in [9.17, 15) is 0 Å². The van der Waals surface area contributed by atoms with Crippen LogP contribution in [0.15, 0.2) is 91.5 Å². The van der Waals surface area contributed by atoms with E-state index in [2.05, 4.69) is 24.3 Å². The average Bonchev–Trinajstić information content (AvgIpc) is 3.47. The second kappa shape index (κ2) is 10.3. The Morgan fingerprint density at radius 3 is 1.21 bits per heavy atom. The van der Waals surface area contributed by atoms with Gasteiger partial charge in [0.15, 0.2) is 0 Å². The number of alkyl halides is 6. The Morgan fingerprint density at radius 2 is 0.939 bits per heavy atom. The van der Waals surface area contributed by atoms with Crippen molar-refractivity contribution in [2.45, 2.75) is 20.4 Å². The number of hydrogen-bond donors (Lipinski definition) is 0. The van der Waals surface area contributed by atoms with Crippen molar-refractivity contribution in [1.29, 1.82) is 0 Å². The van der Waals surface area contributed by atoms with Crippen LogP contribution in [0.4, 0.5) is 0 Å². The predicted octanol–water partition coefficient (Wildman–Crippen LogP) is 9.47. The van der Waals surface area contributed by atoms with E-state index in [1.807, 2.05) is 36.4 Å². The Labute approximate surface area is 229 Å². The molecule has 0 bridgehead atoms. The van der Waals surface area contributed by atoms with Crippen LogP contribution in [0.1, 0.15) is 24.0 Å². The van der Waals surface area contributed by atoms with Gasteiger partial charge >= 0.3 is 231 Å². The topological polar surface area (TPSA) is 18.5 Å². The van der Waals surface area contributed by atoms with E-state index >= 15 is 0 Å². The van der Waals surface area contributed by atoms with Crippen molar-refractivity contribution in [3.8, 4) is 11.5 Å². The quantitative estimate of drug-likeness (QED) is 0.293. The van der Waals surface area contributed by atoms with Gasteiger partial charge in [-0.1, -0.05) is 0 Å². The third kappa shape index (κ3) is 6.07. The third-order valence-electron chi connectivity index (χ3n) is 5.27. The first kappa shape index (κ1) is 25.7. The molecule has 0 amide bonds. The molecule has 9 heteroatoms. The van der Waals surface area contributed by atoms with E-state index in [1.54, 1.807) is 24.3 Å². The van der Waals surface area contributed by atoms with Crippen LogP contribution in [-0.4, -0.2) is 0 Å². The van der Waals surface area contributed by atoms with E-state index in [0.29, 0.717) is 22.6 Å². The second-order valence-corrected chi connectivity index (χ2v) is 19.3. The molecule has 0 saturated carbocycles. The van der Waals surface area contributed by atoms with Gasteiger partial charge in [0.25, 0.3) is 0 Å². The normalized spacial score (nSPS) is 16.1. The first-order valence-corrected chi connectivity index (χ1v) is 16.8. The number of hydrogen-bond acceptors (Lipinski definition) is 2. The van der Waals surface area contributed by atoms with Crippen molar-refractivity contribution in [2.24, 2.45) is 0 Å². The zero-order valence-electron chi connectivity index (χ0n) is 17.1. The fourth-order valence-corrected chi connectivity index (χ4v) is 12.5. The summed E-state index contributed by atoms with van der Waals surface area (Å²) in [6, 6.07) is 14.2. The number of allylic oxidation sites excluding steroid dienone is 8. The molecule has 0 aliphatic heterocycles. The van der Waals surface area contributed by atoms with Crippen LogP contribution in [0.3, 0.4) is 0 Å². The summed E-state index contributed by atoms with van der Waals surface area (Å²) in [4.78, 5) is 0. The molecule has 0 unspecified atom stereocenters. The van der Waals surface area contributed by atoms with E-state index in [0.717, 1.165) is 19.4 Å². The first-order chi connectivity index (χ1) is 15.6. The second-order valence-electron chi connectivity index (χ2n) is 7.51. The molecule has 33 heavy (non-hydrogen) atoms. The maximum absolute atomic E-state index is 6.80. The molecule has 2 aliphatic carbocycles. The Kier molecular flexibility index (Phi) is 8.03. The monoisotopic (exact) mass is 638 g/mol. The van der Waals surface area contributed by atoms with Gasteiger partial charge in [-0.25, -0.2) is 0 Å². The van der Waals surface area contributed by atoms with E-state index < -0.39 is 28.7 Å². The molecule has 0 spiro atoms. The number of benzene rings is 2. The standard InChI is InChI=1S/2C7H5Cl3O.2C5H5.Zr/c2*8-7(9,10)5-1-3-6(11)4-2-5;2*1-2-4-5-3-1;/h2*1-4,11H;2*1-3H,4H2;/q;;;;+2/p-2. The summed E-state index contributed by atoms with van der Waals surface area (Å²) in [7, 11) is 0. The van der Waals surface area contributed by atoms with Gasteiger partial charge in [0.1, 0.15) is 0 Å². The van der Waals surface area contributed by atoms with Gasteiger partial charge in [0, 0.05) is 0 Å². The minimum absolute atomic E-state index is 0.562. The van der Waals surface area contributed by atoms with Gasteiger partial charge in [-0.2, -0.15) is 0 Å². The summed E-state index contributed by atoms with van der Waals surface area (Å²) in [5.74, 6) is 1.31. The summed E-state index contributed by atoms with van der Waals surface area (Å²) in [6.45, 7) is 0. The van der Waals surface area contributed by atoms with Crippen LogP contribution in [0, 0.1) is 0 Å². The zero-order chi connectivity index (χ0) is 23.7. The van der Waals surface area contributed by atoms with Crippen molar-refractivity contribution in [2.75, 3.05) is 0 Å². The number of rotatable bonds is 6. The fraction of sp³-hybridized carbons (Fsp3) is 0.167. The Bertz CT molecular complexity index is 1030. The Balaban J connectivity index is 1.73. The molecule has 0 saturated heterocycles. The minimum atomic E-state index is -4.14. The van der Waals surface area contributed by atoms with Crippen LogP contribution in [0.25, 0.3) is 0 Å². The third-order valence-corrected chi connectivity index (χ3v) is 15.1. The summed E-state index contributed by atoms with van der Waals surface area (Å²) in [5.41, 5.74) is 1.12. The molecule has 2 aromatic carbocycles. The molecular weight excluding hydrogens is 624 g/mol. The molecule has 0 aromatic heterocycles. The SMILES string of the molecule is ClC(Cl)(Cl)c1ccc([O][Zr]([O]c2ccc(C(Cl)(Cl)Cl)cc2)([C]2=CC=CC2)[C]2=CC=CC2)cc1. The van der Waals surface area contributed by atoms with Crippen LogP contribution >= 0.6 is 69.6 Å². The van der Waals surface area contributed by atoms with Gasteiger partial charge in [-0.3, -0.25) is 0 Å². The van der Waals surface area contributed by atoms with Crippen molar-refractivity contribution in [3.05, 3.63) is 103 Å². The summed E-state index contributed by atoms with van der Waals surface area (Å²) in [6.07, 6.45) is 14.0. The van der Waals surface area contributed by atoms with Crippen LogP contribution in [-0.2, 0) is 28.7 Å². The summed E-state index contributed by atoms with van der Waals surface area (Å²) >= 11 is 32.0. The molecule has 0 N–H and O–H groups in total. The fourth-order valence-electron chi connectivity index (χ4n) is 3.63. The number of halogens is 6. The van der Waals surface area contributed by atoms with Gasteiger partial charge in [0.2, 0.25) is 0 Å². The van der Waals surface area contributed by atoms with Crippen LogP contribution in [0.2, 0.25) is 0 Å². The Hall–Kier alpha value is -0.377. The molecule has 2 aliphatic rings. The molecule has 2 aromatic rings. The van der Waals surface area contributed by atoms with Gasteiger partial charge in [0.05, 0.1) is 0 Å². The van der Waals surface area contributed by atoms with Gasteiger partial charge in [-0.15, -0.1) is 0 Å². The molecule has 0 atom stereocenters. The van der Waals surface area contributed by atoms with Gasteiger partial charge < -0.3 is 0 Å². The van der Waals surface area contributed by atoms with Crippen LogP contribution in [0.5, 0.6) is 11.5 Å². The molecule has 172 valence electrons. The van der Waals surface area contributed by atoms with Crippen molar-refractivity contribution < 1.29 is 26.8 Å². The van der Waals surface area contributed by atoms with E-state index in [4.69, 9.17) is 75.2 Å². The first-order valence-electron chi connectivity index (χ1n) is 10.0.